The Labute approximate surface area is 133 Å². The number of halogens is 4. The molecule has 0 unspecified atom stereocenters. The lowest BCUT2D eigenvalue weighted by atomic mass is 10.1. The van der Waals surface area contributed by atoms with E-state index in [1.54, 1.807) is 0 Å². The molecule has 2 aromatic rings. The van der Waals surface area contributed by atoms with Crippen molar-refractivity contribution in [2.24, 2.45) is 0 Å². The summed E-state index contributed by atoms with van der Waals surface area (Å²) in [5, 5.41) is 15.1. The Hall–Kier alpha value is -2.62. The fourth-order valence-electron chi connectivity index (χ4n) is 1.77. The molecule has 0 saturated heterocycles. The Morgan fingerprint density at radius 3 is 2.46 bits per heavy atom. The first-order chi connectivity index (χ1) is 11.0. The quantitative estimate of drug-likeness (QED) is 0.734. The first-order valence-electron chi connectivity index (χ1n) is 6.69. The van der Waals surface area contributed by atoms with Crippen LogP contribution in [0.25, 0.3) is 5.69 Å². The van der Waals surface area contributed by atoms with E-state index in [4.69, 9.17) is 5.73 Å². The summed E-state index contributed by atoms with van der Waals surface area (Å²) >= 11 is 0. The second-order valence-corrected chi connectivity index (χ2v) is 5.29. The number of aliphatic hydroxyl groups is 1. The van der Waals surface area contributed by atoms with Crippen LogP contribution in [-0.2, 0) is 0 Å². The highest BCUT2D eigenvalue weighted by Gasteiger charge is 2.50. The normalized spacial score (nSPS) is 14.2. The molecule has 0 saturated carbocycles. The molecule has 0 aliphatic heterocycles. The Bertz CT molecular complexity index is 738. The van der Waals surface area contributed by atoms with E-state index in [0.29, 0.717) is 12.6 Å². The van der Waals surface area contributed by atoms with E-state index in [1.165, 1.54) is 12.1 Å². The van der Waals surface area contributed by atoms with Crippen LogP contribution in [0.2, 0.25) is 0 Å². The third-order valence-corrected chi connectivity index (χ3v) is 3.33. The number of rotatable bonds is 4. The van der Waals surface area contributed by atoms with Gasteiger partial charge in [0.25, 0.3) is 5.91 Å². The number of amides is 1. The summed E-state index contributed by atoms with van der Waals surface area (Å²) in [4.78, 5) is 12.0. The monoisotopic (exact) mass is 346 g/mol. The summed E-state index contributed by atoms with van der Waals surface area (Å²) in [5.74, 6) is -1.53. The molecular formula is C14H14F4N4O2. The molecule has 0 bridgehead atoms. The van der Waals surface area contributed by atoms with Crippen molar-refractivity contribution in [3.05, 3.63) is 41.8 Å². The van der Waals surface area contributed by atoms with Gasteiger partial charge in [0.05, 0.1) is 18.4 Å². The van der Waals surface area contributed by atoms with Crippen LogP contribution in [-0.4, -0.2) is 39.1 Å². The molecule has 24 heavy (non-hydrogen) atoms. The van der Waals surface area contributed by atoms with Crippen molar-refractivity contribution in [2.75, 3.05) is 12.3 Å². The van der Waals surface area contributed by atoms with Crippen LogP contribution < -0.4 is 11.1 Å². The summed E-state index contributed by atoms with van der Waals surface area (Å²) in [6, 6.07) is 5.07. The highest BCUT2D eigenvalue weighted by atomic mass is 19.4. The molecule has 0 aliphatic carbocycles. The predicted octanol–water partition coefficient (Wildman–Crippen LogP) is 1.64. The summed E-state index contributed by atoms with van der Waals surface area (Å²) < 4.78 is 51.7. The Balaban J connectivity index is 2.16. The van der Waals surface area contributed by atoms with Gasteiger partial charge in [-0.3, -0.25) is 4.79 Å². The maximum atomic E-state index is 12.9. The third-order valence-electron chi connectivity index (χ3n) is 3.33. The van der Waals surface area contributed by atoms with Crippen molar-refractivity contribution in [1.82, 2.24) is 15.1 Å². The summed E-state index contributed by atoms with van der Waals surface area (Å²) in [5.41, 5.74) is 2.88. The number of nitrogens with two attached hydrogens (primary N) is 1. The standard InChI is InChI=1S/C14H14F4N4O2/c1-13(24,14(16,17)18)7-20-12(23)10-6-21-22(11(10)19)9-4-2-8(15)3-5-9/h2-6,24H,7,19H2,1H3,(H,20,23)/t13-/m0/s1. The maximum Gasteiger partial charge on any atom is 0.418 e. The molecule has 10 heteroatoms. The van der Waals surface area contributed by atoms with Crippen LogP contribution in [0.15, 0.2) is 30.5 Å². The second-order valence-electron chi connectivity index (χ2n) is 5.29. The molecule has 0 fully saturated rings. The van der Waals surface area contributed by atoms with Crippen molar-refractivity contribution >= 4 is 11.7 Å². The van der Waals surface area contributed by atoms with Gasteiger partial charge in [0.2, 0.25) is 0 Å². The van der Waals surface area contributed by atoms with Gasteiger partial charge in [-0.05, 0) is 31.2 Å². The number of carbonyl (C=O) groups is 1. The summed E-state index contributed by atoms with van der Waals surface area (Å²) in [6.07, 6.45) is -3.83. The van der Waals surface area contributed by atoms with Crippen LogP contribution in [0.4, 0.5) is 23.4 Å². The molecule has 4 N–H and O–H groups in total. The van der Waals surface area contributed by atoms with E-state index in [2.05, 4.69) is 5.10 Å². The number of benzene rings is 1. The van der Waals surface area contributed by atoms with E-state index in [0.717, 1.165) is 23.0 Å². The highest BCUT2D eigenvalue weighted by molar-refractivity contribution is 5.98. The Morgan fingerprint density at radius 2 is 1.92 bits per heavy atom. The number of nitrogen functional groups attached to an aromatic ring is 1. The first-order valence-corrected chi connectivity index (χ1v) is 6.69. The number of hydrogen-bond acceptors (Lipinski definition) is 4. The van der Waals surface area contributed by atoms with Gasteiger partial charge < -0.3 is 16.2 Å². The molecule has 1 atom stereocenters. The van der Waals surface area contributed by atoms with Gasteiger partial charge in [-0.2, -0.15) is 18.3 Å². The SMILES string of the molecule is C[C@](O)(CNC(=O)c1cnn(-c2ccc(F)cc2)c1N)C(F)(F)F. The average molecular weight is 346 g/mol. The second kappa shape index (κ2) is 6.11. The van der Waals surface area contributed by atoms with Gasteiger partial charge in [0.15, 0.2) is 5.60 Å². The van der Waals surface area contributed by atoms with Crippen LogP contribution in [0.3, 0.4) is 0 Å². The summed E-state index contributed by atoms with van der Waals surface area (Å²) in [7, 11) is 0. The summed E-state index contributed by atoms with van der Waals surface area (Å²) in [6.45, 7) is -0.505. The number of nitrogens with one attached hydrogen (secondary N) is 1. The van der Waals surface area contributed by atoms with Crippen LogP contribution in [0.5, 0.6) is 0 Å². The number of hydrogen-bond donors (Lipinski definition) is 3. The lowest BCUT2D eigenvalue weighted by molar-refractivity contribution is -0.249. The van der Waals surface area contributed by atoms with Crippen molar-refractivity contribution in [2.45, 2.75) is 18.7 Å². The van der Waals surface area contributed by atoms with E-state index >= 15 is 0 Å². The largest absolute Gasteiger partial charge is 0.418 e. The van der Waals surface area contributed by atoms with Crippen molar-refractivity contribution < 1.29 is 27.5 Å². The zero-order valence-corrected chi connectivity index (χ0v) is 12.4. The smallest absolute Gasteiger partial charge is 0.383 e. The minimum atomic E-state index is -4.90. The van der Waals surface area contributed by atoms with E-state index in [1.807, 2.05) is 5.32 Å². The topological polar surface area (TPSA) is 93.2 Å². The van der Waals surface area contributed by atoms with Gasteiger partial charge in [0, 0.05) is 0 Å². The molecule has 1 heterocycles. The zero-order chi connectivity index (χ0) is 18.1. The van der Waals surface area contributed by atoms with Gasteiger partial charge in [0.1, 0.15) is 17.2 Å². The van der Waals surface area contributed by atoms with Crippen molar-refractivity contribution in [3.8, 4) is 5.69 Å². The molecule has 2 rings (SSSR count). The lowest BCUT2D eigenvalue weighted by Gasteiger charge is -2.26. The molecule has 130 valence electrons. The number of aromatic nitrogens is 2. The van der Waals surface area contributed by atoms with Crippen LogP contribution >= 0.6 is 0 Å². The Kier molecular flexibility index (Phi) is 4.52. The third kappa shape index (κ3) is 3.48. The van der Waals surface area contributed by atoms with E-state index in [9.17, 15) is 27.5 Å². The number of nitrogens with zero attached hydrogens (tertiary/aromatic N) is 2. The molecule has 1 aromatic carbocycles. The molecule has 0 spiro atoms. The molecule has 0 aliphatic rings. The predicted molar refractivity (Wildman–Crippen MR) is 76.9 cm³/mol. The average Bonchev–Trinajstić information content (AvgIpc) is 2.86. The van der Waals surface area contributed by atoms with Crippen molar-refractivity contribution in [3.63, 3.8) is 0 Å². The van der Waals surface area contributed by atoms with Crippen LogP contribution in [0, 0.1) is 5.82 Å². The number of anilines is 1. The van der Waals surface area contributed by atoms with Gasteiger partial charge in [-0.25, -0.2) is 9.07 Å². The molecule has 6 nitrogen and oxygen atoms in total. The maximum absolute atomic E-state index is 12.9. The van der Waals surface area contributed by atoms with Gasteiger partial charge in [-0.15, -0.1) is 0 Å². The molecule has 1 aromatic heterocycles. The lowest BCUT2D eigenvalue weighted by Crippen LogP contribution is -2.51. The minimum absolute atomic E-state index is 0.134. The molecular weight excluding hydrogens is 332 g/mol. The fraction of sp³-hybridized carbons (Fsp3) is 0.286. The highest BCUT2D eigenvalue weighted by Crippen LogP contribution is 2.29. The van der Waals surface area contributed by atoms with Gasteiger partial charge in [-0.1, -0.05) is 0 Å². The van der Waals surface area contributed by atoms with Crippen molar-refractivity contribution in [1.29, 1.82) is 0 Å². The van der Waals surface area contributed by atoms with E-state index in [-0.39, 0.29) is 11.4 Å². The molecule has 0 radical (unpaired) electrons. The number of alkyl halides is 3. The number of carbonyl (C=O) groups excluding carboxylic acids is 1. The fourth-order valence-corrected chi connectivity index (χ4v) is 1.77. The zero-order valence-electron chi connectivity index (χ0n) is 12.4. The van der Waals surface area contributed by atoms with Crippen LogP contribution in [0.1, 0.15) is 17.3 Å². The van der Waals surface area contributed by atoms with E-state index < -0.39 is 30.0 Å². The van der Waals surface area contributed by atoms with Gasteiger partial charge >= 0.3 is 6.18 Å². The Morgan fingerprint density at radius 1 is 1.33 bits per heavy atom. The minimum Gasteiger partial charge on any atom is -0.383 e. The first kappa shape index (κ1) is 17.7. The molecule has 1 amide bonds.